The molecule has 4 rings (SSSR count). The molecule has 1 fully saturated rings. The topological polar surface area (TPSA) is 102 Å². The molecule has 8 heteroatoms. The van der Waals surface area contributed by atoms with Crippen LogP contribution in [0.1, 0.15) is 61.5 Å². The molecule has 1 aliphatic rings. The van der Waals surface area contributed by atoms with Crippen molar-refractivity contribution in [2.45, 2.75) is 51.6 Å². The third-order valence-corrected chi connectivity index (χ3v) is 6.77. The first-order chi connectivity index (χ1) is 16.3. The molecule has 0 saturated heterocycles. The van der Waals surface area contributed by atoms with Gasteiger partial charge in [-0.25, -0.2) is 4.79 Å². The van der Waals surface area contributed by atoms with E-state index in [0.29, 0.717) is 46.5 Å². The first-order valence-corrected chi connectivity index (χ1v) is 11.7. The molecule has 1 atom stereocenters. The number of nitrogens with zero attached hydrogens (tertiary/aromatic N) is 1. The SMILES string of the molecule is Cc1onc(-c2cccc(C3CCC(C(=O)O)CC3)c2)c1NC(=O)OC(C)c1ccccc1Cl. The third kappa shape index (κ3) is 5.25. The van der Waals surface area contributed by atoms with Gasteiger partial charge in [0.25, 0.3) is 0 Å². The average Bonchev–Trinajstić information content (AvgIpc) is 3.19. The second-order valence-electron chi connectivity index (χ2n) is 8.67. The van der Waals surface area contributed by atoms with Crippen molar-refractivity contribution in [2.75, 3.05) is 5.32 Å². The van der Waals surface area contributed by atoms with Crippen LogP contribution < -0.4 is 5.32 Å². The largest absolute Gasteiger partial charge is 0.481 e. The number of carboxylic acids is 1. The van der Waals surface area contributed by atoms with Crippen LogP contribution in [0, 0.1) is 12.8 Å². The van der Waals surface area contributed by atoms with Gasteiger partial charge in [0.05, 0.1) is 5.92 Å². The van der Waals surface area contributed by atoms with E-state index in [4.69, 9.17) is 20.9 Å². The Kier molecular flexibility index (Phi) is 7.22. The number of amides is 1. The van der Waals surface area contributed by atoms with E-state index in [1.54, 1.807) is 19.9 Å². The number of aliphatic carboxylic acids is 1. The number of anilines is 1. The number of hydrogen-bond acceptors (Lipinski definition) is 5. The van der Waals surface area contributed by atoms with Crippen molar-refractivity contribution in [3.05, 3.63) is 70.4 Å². The molecule has 1 saturated carbocycles. The number of nitrogens with one attached hydrogen (secondary N) is 1. The highest BCUT2D eigenvalue weighted by molar-refractivity contribution is 6.31. The standard InChI is InChI=1S/C26H27ClN2O5/c1-15(21-8-3-4-9-22(21)27)33-26(32)28-23-16(2)34-29-24(23)20-7-5-6-19(14-20)17-10-12-18(13-11-17)25(30)31/h3-9,14-15,17-18H,10-13H2,1-2H3,(H,28,32)(H,30,31). The maximum absolute atomic E-state index is 12.6. The number of hydrogen-bond donors (Lipinski definition) is 2. The van der Waals surface area contributed by atoms with Crippen LogP contribution in [0.3, 0.4) is 0 Å². The van der Waals surface area contributed by atoms with Gasteiger partial charge in [-0.15, -0.1) is 0 Å². The lowest BCUT2D eigenvalue weighted by molar-refractivity contribution is -0.142. The van der Waals surface area contributed by atoms with Gasteiger partial charge < -0.3 is 14.4 Å². The first kappa shape index (κ1) is 23.8. The number of halogens is 1. The van der Waals surface area contributed by atoms with Gasteiger partial charge in [-0.3, -0.25) is 10.1 Å². The van der Waals surface area contributed by atoms with Crippen molar-refractivity contribution in [1.29, 1.82) is 0 Å². The van der Waals surface area contributed by atoms with E-state index in [1.165, 1.54) is 0 Å². The number of ether oxygens (including phenoxy) is 1. The van der Waals surface area contributed by atoms with E-state index in [2.05, 4.69) is 16.5 Å². The van der Waals surface area contributed by atoms with Gasteiger partial charge in [-0.05, 0) is 63.1 Å². The van der Waals surface area contributed by atoms with E-state index >= 15 is 0 Å². The van der Waals surface area contributed by atoms with E-state index in [-0.39, 0.29) is 5.92 Å². The highest BCUT2D eigenvalue weighted by atomic mass is 35.5. The van der Waals surface area contributed by atoms with Crippen molar-refractivity contribution in [3.8, 4) is 11.3 Å². The molecule has 1 aromatic heterocycles. The van der Waals surface area contributed by atoms with Crippen LogP contribution in [-0.2, 0) is 9.53 Å². The Labute approximate surface area is 203 Å². The summed E-state index contributed by atoms with van der Waals surface area (Å²) >= 11 is 6.21. The summed E-state index contributed by atoms with van der Waals surface area (Å²) in [6.45, 7) is 3.48. The summed E-state index contributed by atoms with van der Waals surface area (Å²) in [7, 11) is 0. The van der Waals surface area contributed by atoms with Crippen LogP contribution in [-0.4, -0.2) is 22.3 Å². The number of benzene rings is 2. The zero-order valence-electron chi connectivity index (χ0n) is 19.1. The predicted octanol–water partition coefficient (Wildman–Crippen LogP) is 6.97. The summed E-state index contributed by atoms with van der Waals surface area (Å²) < 4.78 is 10.9. The Morgan fingerprint density at radius 3 is 2.59 bits per heavy atom. The molecule has 0 radical (unpaired) electrons. The lowest BCUT2D eigenvalue weighted by Gasteiger charge is -2.26. The minimum atomic E-state index is -0.711. The molecule has 3 aromatic rings. The molecule has 1 heterocycles. The number of carbonyl (C=O) groups excluding carboxylic acids is 1. The van der Waals surface area contributed by atoms with Gasteiger partial charge in [0.2, 0.25) is 0 Å². The third-order valence-electron chi connectivity index (χ3n) is 6.42. The maximum Gasteiger partial charge on any atom is 0.412 e. The second kappa shape index (κ2) is 10.3. The lowest BCUT2D eigenvalue weighted by atomic mass is 9.78. The lowest BCUT2D eigenvalue weighted by Crippen LogP contribution is -2.20. The fourth-order valence-electron chi connectivity index (χ4n) is 4.49. The van der Waals surface area contributed by atoms with Crippen LogP contribution in [0.25, 0.3) is 11.3 Å². The molecule has 1 amide bonds. The Bertz CT molecular complexity index is 1180. The molecule has 0 aliphatic heterocycles. The molecular formula is C26H27ClN2O5. The van der Waals surface area contributed by atoms with Crippen LogP contribution in [0.2, 0.25) is 5.02 Å². The second-order valence-corrected chi connectivity index (χ2v) is 9.08. The summed E-state index contributed by atoms with van der Waals surface area (Å²) in [5, 5.41) is 16.7. The molecule has 0 spiro atoms. The molecule has 7 nitrogen and oxygen atoms in total. The van der Waals surface area contributed by atoms with Gasteiger partial charge in [0.1, 0.15) is 17.5 Å². The van der Waals surface area contributed by atoms with Crippen molar-refractivity contribution in [2.24, 2.45) is 5.92 Å². The monoisotopic (exact) mass is 482 g/mol. The van der Waals surface area contributed by atoms with E-state index in [9.17, 15) is 14.7 Å². The number of carboxylic acid groups (broad SMARTS) is 1. The highest BCUT2D eigenvalue weighted by Gasteiger charge is 2.27. The molecule has 0 bridgehead atoms. The molecule has 2 aromatic carbocycles. The maximum atomic E-state index is 12.6. The number of rotatable bonds is 6. The fraction of sp³-hybridized carbons (Fsp3) is 0.346. The summed E-state index contributed by atoms with van der Waals surface area (Å²) in [4.78, 5) is 23.9. The number of aryl methyl sites for hydroxylation is 1. The molecule has 1 aliphatic carbocycles. The van der Waals surface area contributed by atoms with E-state index < -0.39 is 18.2 Å². The fourth-order valence-corrected chi connectivity index (χ4v) is 4.78. The molecule has 34 heavy (non-hydrogen) atoms. The van der Waals surface area contributed by atoms with Crippen molar-refractivity contribution >= 4 is 29.4 Å². The Morgan fingerprint density at radius 1 is 1.15 bits per heavy atom. The first-order valence-electron chi connectivity index (χ1n) is 11.3. The highest BCUT2D eigenvalue weighted by Crippen LogP contribution is 2.38. The summed E-state index contributed by atoms with van der Waals surface area (Å²) in [6.07, 6.45) is 1.83. The molecular weight excluding hydrogens is 456 g/mol. The minimum Gasteiger partial charge on any atom is -0.481 e. The van der Waals surface area contributed by atoms with Crippen molar-refractivity contribution in [3.63, 3.8) is 0 Å². The number of aromatic nitrogens is 1. The Morgan fingerprint density at radius 2 is 1.88 bits per heavy atom. The van der Waals surface area contributed by atoms with Crippen LogP contribution in [0.5, 0.6) is 0 Å². The molecule has 2 N–H and O–H groups in total. The van der Waals surface area contributed by atoms with Gasteiger partial charge in [-0.2, -0.15) is 0 Å². The van der Waals surface area contributed by atoms with Crippen LogP contribution in [0.15, 0.2) is 53.1 Å². The summed E-state index contributed by atoms with van der Waals surface area (Å²) in [5.74, 6) is -0.213. The van der Waals surface area contributed by atoms with Crippen LogP contribution >= 0.6 is 11.6 Å². The van der Waals surface area contributed by atoms with Gasteiger partial charge in [-0.1, -0.05) is 53.2 Å². The van der Waals surface area contributed by atoms with E-state index in [0.717, 1.165) is 24.0 Å². The van der Waals surface area contributed by atoms with Crippen molar-refractivity contribution < 1.29 is 24.0 Å². The predicted molar refractivity (Wildman–Crippen MR) is 129 cm³/mol. The Hall–Kier alpha value is -3.32. The molecule has 1 unspecified atom stereocenters. The Balaban J connectivity index is 1.49. The normalized spacial score (nSPS) is 18.8. The summed E-state index contributed by atoms with van der Waals surface area (Å²) in [5.41, 5.74) is 3.61. The van der Waals surface area contributed by atoms with Crippen molar-refractivity contribution in [1.82, 2.24) is 5.16 Å². The van der Waals surface area contributed by atoms with Gasteiger partial charge >= 0.3 is 12.1 Å². The zero-order valence-corrected chi connectivity index (χ0v) is 19.8. The van der Waals surface area contributed by atoms with Gasteiger partial charge in [0.15, 0.2) is 5.76 Å². The smallest absolute Gasteiger partial charge is 0.412 e. The van der Waals surface area contributed by atoms with E-state index in [1.807, 2.05) is 36.4 Å². The number of carbonyl (C=O) groups is 2. The average molecular weight is 483 g/mol. The quantitative estimate of drug-likeness (QED) is 0.393. The minimum absolute atomic E-state index is 0.257. The summed E-state index contributed by atoms with van der Waals surface area (Å²) in [6, 6.07) is 15.1. The van der Waals surface area contributed by atoms with Gasteiger partial charge in [0, 0.05) is 16.1 Å². The van der Waals surface area contributed by atoms with Crippen LogP contribution in [0.4, 0.5) is 10.5 Å². The zero-order chi connectivity index (χ0) is 24.2. The molecule has 178 valence electrons.